The molecule has 8 nitrogen and oxygen atoms in total. The topological polar surface area (TPSA) is 87.9 Å². The third-order valence-corrected chi connectivity index (χ3v) is 5.81. The largest absolute Gasteiger partial charge is 0.497 e. The first-order valence-electron chi connectivity index (χ1n) is 10.3. The van der Waals surface area contributed by atoms with Gasteiger partial charge in [-0.25, -0.2) is 4.79 Å². The lowest BCUT2D eigenvalue weighted by Gasteiger charge is -2.36. The average Bonchev–Trinajstić information content (AvgIpc) is 3.45. The average molecular weight is 489 g/mol. The number of hydrogen-bond acceptors (Lipinski definition) is 5. The number of methoxy groups -OCH3 is 1. The lowest BCUT2D eigenvalue weighted by Crippen LogP contribution is -2.45. The number of likely N-dealkylation sites (tertiary alicyclic amines) is 1. The van der Waals surface area contributed by atoms with Crippen molar-refractivity contribution in [1.29, 1.82) is 0 Å². The zero-order chi connectivity index (χ0) is 24.2. The van der Waals surface area contributed by atoms with Gasteiger partial charge in [0.15, 0.2) is 0 Å². The van der Waals surface area contributed by atoms with Crippen LogP contribution >= 0.6 is 11.6 Å². The summed E-state index contributed by atoms with van der Waals surface area (Å²) in [6.07, 6.45) is -0.764. The van der Waals surface area contributed by atoms with Crippen LogP contribution in [0.15, 0.2) is 30.5 Å². The first-order valence-corrected chi connectivity index (χ1v) is 10.7. The second-order valence-corrected chi connectivity index (χ2v) is 8.17. The van der Waals surface area contributed by atoms with Crippen LogP contribution in [0.1, 0.15) is 34.9 Å². The molecule has 1 aromatic heterocycles. The van der Waals surface area contributed by atoms with Gasteiger partial charge in [-0.05, 0) is 50.2 Å². The molecule has 1 unspecified atom stereocenters. The van der Waals surface area contributed by atoms with E-state index in [0.717, 1.165) is 25.3 Å². The number of halogens is 4. The molecular formula is C21H24ClF3N4O4. The molecule has 1 fully saturated rings. The lowest BCUT2D eigenvalue weighted by molar-refractivity contribution is -0.192. The van der Waals surface area contributed by atoms with Crippen LogP contribution in [0.25, 0.3) is 0 Å². The van der Waals surface area contributed by atoms with E-state index < -0.39 is 12.1 Å². The molecule has 1 aromatic carbocycles. The predicted octanol–water partition coefficient (Wildman–Crippen LogP) is 3.47. The van der Waals surface area contributed by atoms with E-state index in [4.69, 9.17) is 26.2 Å². The highest BCUT2D eigenvalue weighted by Gasteiger charge is 2.38. The van der Waals surface area contributed by atoms with Gasteiger partial charge in [-0.3, -0.25) is 9.48 Å². The van der Waals surface area contributed by atoms with Crippen molar-refractivity contribution in [1.82, 2.24) is 19.6 Å². The van der Waals surface area contributed by atoms with Gasteiger partial charge >= 0.3 is 12.1 Å². The summed E-state index contributed by atoms with van der Waals surface area (Å²) in [6.45, 7) is 4.36. The van der Waals surface area contributed by atoms with Crippen LogP contribution < -0.4 is 4.74 Å². The molecule has 2 aliphatic rings. The van der Waals surface area contributed by atoms with Gasteiger partial charge in [-0.1, -0.05) is 11.6 Å². The highest BCUT2D eigenvalue weighted by atomic mass is 35.5. The summed E-state index contributed by atoms with van der Waals surface area (Å²) in [6, 6.07) is 7.35. The normalized spacial score (nSPS) is 18.3. The first-order chi connectivity index (χ1) is 15.6. The quantitative estimate of drug-likeness (QED) is 0.709. The molecule has 33 heavy (non-hydrogen) atoms. The highest BCUT2D eigenvalue weighted by Crippen LogP contribution is 2.28. The maximum atomic E-state index is 13.1. The number of nitrogens with zero attached hydrogens (tertiary/aromatic N) is 4. The Morgan fingerprint density at radius 2 is 1.91 bits per heavy atom. The number of fused-ring (bicyclic) bond motifs is 1. The van der Waals surface area contributed by atoms with Crippen molar-refractivity contribution >= 4 is 23.5 Å². The van der Waals surface area contributed by atoms with Crippen molar-refractivity contribution in [3.8, 4) is 5.75 Å². The van der Waals surface area contributed by atoms with E-state index in [-0.39, 0.29) is 11.9 Å². The third kappa shape index (κ3) is 6.17. The number of carbonyl (C=O) groups is 2. The van der Waals surface area contributed by atoms with Crippen molar-refractivity contribution in [3.63, 3.8) is 0 Å². The van der Waals surface area contributed by atoms with E-state index in [1.807, 2.05) is 17.2 Å². The van der Waals surface area contributed by atoms with E-state index in [2.05, 4.69) is 14.7 Å². The van der Waals surface area contributed by atoms with Gasteiger partial charge in [0.05, 0.1) is 36.0 Å². The van der Waals surface area contributed by atoms with Gasteiger partial charge in [0.2, 0.25) is 0 Å². The molecule has 3 heterocycles. The van der Waals surface area contributed by atoms with Crippen molar-refractivity contribution in [3.05, 3.63) is 46.7 Å². The Hall–Kier alpha value is -2.79. The fraction of sp³-hybridized carbons (Fsp3) is 0.476. The van der Waals surface area contributed by atoms with Gasteiger partial charge in [0.1, 0.15) is 5.75 Å². The summed E-state index contributed by atoms with van der Waals surface area (Å²) in [5.41, 5.74) is 1.55. The van der Waals surface area contributed by atoms with Gasteiger partial charge in [0, 0.05) is 19.3 Å². The fourth-order valence-corrected chi connectivity index (χ4v) is 4.10. The SMILES string of the molecule is COc1ccc(Cl)c(C(=O)N2Cc3ccnn3C(CN3CCCC3)C2)c1.O=C(O)C(F)(F)F. The van der Waals surface area contributed by atoms with Crippen LogP contribution in [-0.4, -0.2) is 76.0 Å². The maximum Gasteiger partial charge on any atom is 0.490 e. The molecule has 0 radical (unpaired) electrons. The monoisotopic (exact) mass is 488 g/mol. The van der Waals surface area contributed by atoms with E-state index >= 15 is 0 Å². The fourth-order valence-electron chi connectivity index (χ4n) is 3.91. The molecule has 1 amide bonds. The van der Waals surface area contributed by atoms with Crippen molar-refractivity contribution in [2.24, 2.45) is 0 Å². The Balaban J connectivity index is 0.000000383. The molecule has 2 aliphatic heterocycles. The second kappa shape index (κ2) is 10.4. The van der Waals surface area contributed by atoms with Crippen LogP contribution in [0, 0.1) is 0 Å². The minimum absolute atomic E-state index is 0.0622. The number of carboxylic acid groups (broad SMARTS) is 1. The van der Waals surface area contributed by atoms with E-state index in [1.54, 1.807) is 25.3 Å². The smallest absolute Gasteiger partial charge is 0.490 e. The molecule has 1 saturated heterocycles. The molecule has 1 atom stereocenters. The summed E-state index contributed by atoms with van der Waals surface area (Å²) in [4.78, 5) is 26.4. The standard InChI is InChI=1S/C19H23ClN4O2.C2HF3O2/c1-26-16-4-5-18(20)17(10-16)19(25)23-12-14-6-7-21-24(14)15(13-23)11-22-8-2-3-9-22;3-2(4,5)1(6)7/h4-7,10,15H,2-3,8-9,11-13H2,1H3;(H,6,7). The van der Waals surface area contributed by atoms with Gasteiger partial charge < -0.3 is 19.6 Å². The Labute approximate surface area is 193 Å². The zero-order valence-corrected chi connectivity index (χ0v) is 18.6. The molecule has 2 aromatic rings. The van der Waals surface area contributed by atoms with Crippen molar-refractivity contribution in [2.45, 2.75) is 31.6 Å². The second-order valence-electron chi connectivity index (χ2n) is 7.76. The van der Waals surface area contributed by atoms with Crippen LogP contribution in [-0.2, 0) is 11.3 Å². The van der Waals surface area contributed by atoms with Gasteiger partial charge in [0.25, 0.3) is 5.91 Å². The van der Waals surface area contributed by atoms with E-state index in [9.17, 15) is 18.0 Å². The Morgan fingerprint density at radius 3 is 2.52 bits per heavy atom. The van der Waals surface area contributed by atoms with Gasteiger partial charge in [-0.15, -0.1) is 0 Å². The number of carboxylic acids is 1. The molecule has 0 aliphatic carbocycles. The minimum Gasteiger partial charge on any atom is -0.497 e. The summed E-state index contributed by atoms with van der Waals surface area (Å²) < 4.78 is 39.1. The van der Waals surface area contributed by atoms with Crippen LogP contribution in [0.3, 0.4) is 0 Å². The van der Waals surface area contributed by atoms with Gasteiger partial charge in [-0.2, -0.15) is 18.3 Å². The third-order valence-electron chi connectivity index (χ3n) is 5.48. The number of amides is 1. The Morgan fingerprint density at radius 1 is 1.24 bits per heavy atom. The van der Waals surface area contributed by atoms with E-state index in [1.165, 1.54) is 12.8 Å². The maximum absolute atomic E-state index is 13.1. The number of benzene rings is 1. The number of aliphatic carboxylic acids is 1. The van der Waals surface area contributed by atoms with Crippen LogP contribution in [0.5, 0.6) is 5.75 Å². The molecule has 0 bridgehead atoms. The number of ether oxygens (including phenoxy) is 1. The summed E-state index contributed by atoms with van der Waals surface area (Å²) in [5.74, 6) is -2.19. The Kier molecular flexibility index (Phi) is 7.85. The molecular weight excluding hydrogens is 465 g/mol. The van der Waals surface area contributed by atoms with Crippen molar-refractivity contribution < 1.29 is 32.6 Å². The number of aromatic nitrogens is 2. The molecule has 4 rings (SSSR count). The predicted molar refractivity (Wildman–Crippen MR) is 113 cm³/mol. The summed E-state index contributed by atoms with van der Waals surface area (Å²) in [5, 5.41) is 12.1. The zero-order valence-electron chi connectivity index (χ0n) is 17.9. The number of alkyl halides is 3. The molecule has 1 N–H and O–H groups in total. The van der Waals surface area contributed by atoms with Crippen molar-refractivity contribution in [2.75, 3.05) is 33.3 Å². The summed E-state index contributed by atoms with van der Waals surface area (Å²) >= 11 is 6.29. The Bertz CT molecular complexity index is 992. The highest BCUT2D eigenvalue weighted by molar-refractivity contribution is 6.33. The van der Waals surface area contributed by atoms with Crippen LogP contribution in [0.4, 0.5) is 13.2 Å². The molecule has 12 heteroatoms. The molecule has 180 valence electrons. The minimum atomic E-state index is -5.08. The molecule has 0 saturated carbocycles. The molecule has 0 spiro atoms. The van der Waals surface area contributed by atoms with Crippen LogP contribution in [0.2, 0.25) is 5.02 Å². The number of hydrogen-bond donors (Lipinski definition) is 1. The lowest BCUT2D eigenvalue weighted by atomic mass is 10.1. The van der Waals surface area contributed by atoms with E-state index in [0.29, 0.717) is 29.4 Å². The first kappa shape index (κ1) is 24.8. The summed E-state index contributed by atoms with van der Waals surface area (Å²) in [7, 11) is 1.59. The number of rotatable bonds is 4. The number of carbonyl (C=O) groups excluding carboxylic acids is 1.